The van der Waals surface area contributed by atoms with Crippen molar-refractivity contribution in [1.82, 2.24) is 0 Å². The fourth-order valence-corrected chi connectivity index (χ4v) is 1.74. The van der Waals surface area contributed by atoms with Gasteiger partial charge in [-0.25, -0.2) is 0 Å². The third-order valence-corrected chi connectivity index (χ3v) is 2.60. The largest absolute Gasteiger partial charge is 0.461 e. The summed E-state index contributed by atoms with van der Waals surface area (Å²) in [7, 11) is 0. The molecule has 1 heterocycles. The second-order valence-electron chi connectivity index (χ2n) is 4.09. The van der Waals surface area contributed by atoms with E-state index in [1.807, 2.05) is 19.1 Å². The summed E-state index contributed by atoms with van der Waals surface area (Å²) < 4.78 is 5.74. The summed E-state index contributed by atoms with van der Waals surface area (Å²) in [6, 6.07) is 8.19. The van der Waals surface area contributed by atoms with Crippen LogP contribution in [0.25, 0.3) is 11.0 Å². The van der Waals surface area contributed by atoms with E-state index < -0.39 is 0 Å². The van der Waals surface area contributed by atoms with Crippen molar-refractivity contribution in [2.45, 2.75) is 32.8 Å². The van der Waals surface area contributed by atoms with E-state index in [0.29, 0.717) is 0 Å². The lowest BCUT2D eigenvalue weighted by atomic mass is 10.1. The first-order valence-corrected chi connectivity index (χ1v) is 5.33. The first-order valence-electron chi connectivity index (χ1n) is 5.33. The Balaban J connectivity index is 2.27. The number of hydrogen-bond acceptors (Lipinski definition) is 2. The van der Waals surface area contributed by atoms with Gasteiger partial charge in [0, 0.05) is 11.8 Å². The Kier molecular flexibility index (Phi) is 2.78. The first-order chi connectivity index (χ1) is 7.16. The van der Waals surface area contributed by atoms with Gasteiger partial charge in [-0.15, -0.1) is 0 Å². The summed E-state index contributed by atoms with van der Waals surface area (Å²) in [5.41, 5.74) is 2.13. The van der Waals surface area contributed by atoms with Crippen molar-refractivity contribution in [3.05, 3.63) is 35.6 Å². The monoisotopic (exact) mass is 204 g/mol. The molecule has 1 unspecified atom stereocenters. The van der Waals surface area contributed by atoms with Crippen LogP contribution in [-0.4, -0.2) is 11.2 Å². The Hall–Kier alpha value is -1.28. The average Bonchev–Trinajstić information content (AvgIpc) is 2.59. The third-order valence-electron chi connectivity index (χ3n) is 2.60. The summed E-state index contributed by atoms with van der Waals surface area (Å²) in [6.45, 7) is 3.85. The summed E-state index contributed by atoms with van der Waals surface area (Å²) in [6.07, 6.45) is 1.28. The summed E-state index contributed by atoms with van der Waals surface area (Å²) in [5, 5.41) is 10.4. The molecule has 0 aliphatic heterocycles. The van der Waals surface area contributed by atoms with Crippen LogP contribution in [0.4, 0.5) is 0 Å². The highest BCUT2D eigenvalue weighted by Gasteiger charge is 2.06. The molecule has 0 saturated heterocycles. The van der Waals surface area contributed by atoms with Crippen molar-refractivity contribution in [2.24, 2.45) is 0 Å². The van der Waals surface area contributed by atoms with Gasteiger partial charge in [0.05, 0.1) is 6.10 Å². The zero-order chi connectivity index (χ0) is 10.8. The molecule has 80 valence electrons. The van der Waals surface area contributed by atoms with Crippen molar-refractivity contribution >= 4 is 11.0 Å². The van der Waals surface area contributed by atoms with E-state index in [2.05, 4.69) is 12.1 Å². The van der Waals surface area contributed by atoms with Gasteiger partial charge < -0.3 is 9.52 Å². The van der Waals surface area contributed by atoms with Crippen LogP contribution in [0.2, 0.25) is 0 Å². The van der Waals surface area contributed by atoms with E-state index >= 15 is 0 Å². The molecule has 1 N–H and O–H groups in total. The van der Waals surface area contributed by atoms with E-state index in [1.165, 1.54) is 0 Å². The molecule has 2 nitrogen and oxygen atoms in total. The van der Waals surface area contributed by atoms with Crippen molar-refractivity contribution < 1.29 is 9.52 Å². The quantitative estimate of drug-likeness (QED) is 0.833. The molecule has 0 radical (unpaired) electrons. The highest BCUT2D eigenvalue weighted by molar-refractivity contribution is 5.80. The summed E-state index contributed by atoms with van der Waals surface area (Å²) >= 11 is 0. The van der Waals surface area contributed by atoms with Gasteiger partial charge in [0.2, 0.25) is 0 Å². The molecule has 1 aromatic carbocycles. The van der Waals surface area contributed by atoms with Gasteiger partial charge in [0.1, 0.15) is 11.3 Å². The van der Waals surface area contributed by atoms with Crippen LogP contribution in [0.1, 0.15) is 24.7 Å². The minimum atomic E-state index is -0.265. The second-order valence-corrected chi connectivity index (χ2v) is 4.09. The zero-order valence-corrected chi connectivity index (χ0v) is 9.16. The molecule has 1 aromatic heterocycles. The third kappa shape index (κ3) is 2.21. The zero-order valence-electron chi connectivity index (χ0n) is 9.16. The maximum absolute atomic E-state index is 9.20. The Morgan fingerprint density at radius 3 is 2.87 bits per heavy atom. The fraction of sp³-hybridized carbons (Fsp3) is 0.385. The number of fused-ring (bicyclic) bond motifs is 1. The van der Waals surface area contributed by atoms with Gasteiger partial charge in [-0.2, -0.15) is 0 Å². The van der Waals surface area contributed by atoms with Crippen LogP contribution in [-0.2, 0) is 6.42 Å². The predicted octanol–water partition coefficient (Wildman–Crippen LogP) is 3.05. The smallest absolute Gasteiger partial charge is 0.137 e. The number of furan rings is 1. The highest BCUT2D eigenvalue weighted by Crippen LogP contribution is 2.23. The van der Waals surface area contributed by atoms with Crippen LogP contribution in [0.15, 0.2) is 28.7 Å². The standard InChI is InChI=1S/C13H16O2/c1-9-4-3-5-11-8-12(15-13(9)11)7-6-10(2)14/h3-5,8,10,14H,6-7H2,1-2H3. The molecule has 2 rings (SSSR count). The van der Waals surface area contributed by atoms with Crippen molar-refractivity contribution in [2.75, 3.05) is 0 Å². The van der Waals surface area contributed by atoms with Crippen molar-refractivity contribution in [3.63, 3.8) is 0 Å². The topological polar surface area (TPSA) is 33.4 Å². The van der Waals surface area contributed by atoms with Gasteiger partial charge in [-0.1, -0.05) is 18.2 Å². The van der Waals surface area contributed by atoms with E-state index in [1.54, 1.807) is 6.92 Å². The molecule has 2 aromatic rings. The molecule has 2 heteroatoms. The van der Waals surface area contributed by atoms with Crippen LogP contribution in [0.5, 0.6) is 0 Å². The number of rotatable bonds is 3. The second kappa shape index (κ2) is 4.07. The lowest BCUT2D eigenvalue weighted by Gasteiger charge is -2.00. The highest BCUT2D eigenvalue weighted by atomic mass is 16.3. The lowest BCUT2D eigenvalue weighted by Crippen LogP contribution is -2.00. The number of aliphatic hydroxyl groups is 1. The van der Waals surface area contributed by atoms with Gasteiger partial charge >= 0.3 is 0 Å². The predicted molar refractivity (Wildman–Crippen MR) is 61.0 cm³/mol. The summed E-state index contributed by atoms with van der Waals surface area (Å²) in [5.74, 6) is 0.959. The Labute approximate surface area is 89.5 Å². The van der Waals surface area contributed by atoms with Crippen molar-refractivity contribution in [3.8, 4) is 0 Å². The maximum Gasteiger partial charge on any atom is 0.137 e. The Morgan fingerprint density at radius 2 is 2.20 bits per heavy atom. The van der Waals surface area contributed by atoms with Gasteiger partial charge in [-0.3, -0.25) is 0 Å². The molecule has 0 aliphatic carbocycles. The fourth-order valence-electron chi connectivity index (χ4n) is 1.74. The Morgan fingerprint density at radius 1 is 1.40 bits per heavy atom. The van der Waals surface area contributed by atoms with E-state index in [4.69, 9.17) is 4.42 Å². The van der Waals surface area contributed by atoms with Crippen molar-refractivity contribution in [1.29, 1.82) is 0 Å². The number of benzene rings is 1. The average molecular weight is 204 g/mol. The van der Waals surface area contributed by atoms with Gasteiger partial charge in [0.25, 0.3) is 0 Å². The van der Waals surface area contributed by atoms with Crippen LogP contribution >= 0.6 is 0 Å². The number of aryl methyl sites for hydroxylation is 2. The van der Waals surface area contributed by atoms with Crippen LogP contribution in [0, 0.1) is 6.92 Å². The molecular formula is C13H16O2. The molecule has 1 atom stereocenters. The molecule has 0 fully saturated rings. The normalized spacial score (nSPS) is 13.3. The molecule has 15 heavy (non-hydrogen) atoms. The molecular weight excluding hydrogens is 188 g/mol. The minimum Gasteiger partial charge on any atom is -0.461 e. The van der Waals surface area contributed by atoms with Crippen LogP contribution < -0.4 is 0 Å². The number of para-hydroxylation sites is 1. The summed E-state index contributed by atoms with van der Waals surface area (Å²) in [4.78, 5) is 0. The SMILES string of the molecule is Cc1cccc2cc(CCC(C)O)oc12. The minimum absolute atomic E-state index is 0.265. The number of hydrogen-bond donors (Lipinski definition) is 1. The van der Waals surface area contributed by atoms with E-state index in [-0.39, 0.29) is 6.10 Å². The number of aliphatic hydroxyl groups excluding tert-OH is 1. The van der Waals surface area contributed by atoms with Crippen LogP contribution in [0.3, 0.4) is 0 Å². The molecule has 0 spiro atoms. The van der Waals surface area contributed by atoms with E-state index in [9.17, 15) is 5.11 Å². The molecule has 0 aliphatic rings. The molecule has 0 amide bonds. The maximum atomic E-state index is 9.20. The van der Waals surface area contributed by atoms with Gasteiger partial charge in [0.15, 0.2) is 0 Å². The van der Waals surface area contributed by atoms with Gasteiger partial charge in [-0.05, 0) is 31.9 Å². The van der Waals surface area contributed by atoms with E-state index in [0.717, 1.165) is 35.1 Å². The first kappa shape index (κ1) is 10.2. The molecule has 0 bridgehead atoms. The molecule has 0 saturated carbocycles. The Bertz CT molecular complexity index is 455. The lowest BCUT2D eigenvalue weighted by molar-refractivity contribution is 0.182.